The number of benzene rings is 1. The van der Waals surface area contributed by atoms with Crippen LogP contribution in [0.25, 0.3) is 0 Å². The molecule has 4 nitrogen and oxygen atoms in total. The lowest BCUT2D eigenvalue weighted by atomic mass is 9.76. The first-order valence-corrected chi connectivity index (χ1v) is 7.47. The topological polar surface area (TPSA) is 55.4 Å². The molecule has 0 aromatic heterocycles. The summed E-state index contributed by atoms with van der Waals surface area (Å²) in [5, 5.41) is 3.21. The monoisotopic (exact) mass is 359 g/mol. The fourth-order valence-corrected chi connectivity index (χ4v) is 3.44. The van der Waals surface area contributed by atoms with E-state index in [0.717, 1.165) is 10.0 Å². The summed E-state index contributed by atoms with van der Waals surface area (Å²) < 4.78 is 5.90. The lowest BCUT2D eigenvalue weighted by Crippen LogP contribution is -2.46. The molecular weight excluding hydrogens is 346 g/mol. The Morgan fingerprint density at radius 3 is 2.90 bits per heavy atom. The fourth-order valence-electron chi connectivity index (χ4n) is 2.55. The van der Waals surface area contributed by atoms with E-state index in [2.05, 4.69) is 21.2 Å². The molecule has 0 bridgehead atoms. The minimum Gasteiger partial charge on any atom is -0.464 e. The summed E-state index contributed by atoms with van der Waals surface area (Å²) in [4.78, 5) is 23.8. The highest BCUT2D eigenvalue weighted by Gasteiger charge is 2.50. The number of carbonyl (C=O) groups is 2. The van der Waals surface area contributed by atoms with Gasteiger partial charge in [-0.15, -0.1) is 0 Å². The number of ether oxygens (including phenoxy) is 1. The van der Waals surface area contributed by atoms with E-state index in [1.165, 1.54) is 0 Å². The van der Waals surface area contributed by atoms with Crippen LogP contribution in [0.3, 0.4) is 0 Å². The predicted octanol–water partition coefficient (Wildman–Crippen LogP) is 2.81. The zero-order valence-electron chi connectivity index (χ0n) is 11.2. The van der Waals surface area contributed by atoms with Gasteiger partial charge >= 0.3 is 5.97 Å². The Kier molecular flexibility index (Phi) is 4.39. The van der Waals surface area contributed by atoms with Crippen LogP contribution in [0.5, 0.6) is 0 Å². The highest BCUT2D eigenvalue weighted by atomic mass is 79.9. The lowest BCUT2D eigenvalue weighted by Gasteiger charge is -2.29. The summed E-state index contributed by atoms with van der Waals surface area (Å²) in [5.41, 5.74) is 0.0555. The van der Waals surface area contributed by atoms with Gasteiger partial charge in [0.25, 0.3) is 0 Å². The number of hydrogen-bond donors (Lipinski definition) is 1. The number of nitrogens with one attached hydrogen (secondary N) is 1. The van der Waals surface area contributed by atoms with Crippen molar-refractivity contribution < 1.29 is 14.3 Å². The van der Waals surface area contributed by atoms with E-state index in [-0.39, 0.29) is 18.9 Å². The maximum atomic E-state index is 12.1. The summed E-state index contributed by atoms with van der Waals surface area (Å²) in [6.45, 7) is 3.86. The van der Waals surface area contributed by atoms with Crippen molar-refractivity contribution in [2.24, 2.45) is 0 Å². The van der Waals surface area contributed by atoms with Crippen LogP contribution in [0, 0.1) is 0 Å². The molecule has 1 heterocycles. The van der Waals surface area contributed by atoms with Crippen molar-refractivity contribution in [2.45, 2.75) is 31.7 Å². The van der Waals surface area contributed by atoms with Gasteiger partial charge in [0.05, 0.1) is 6.61 Å². The molecule has 1 aliphatic rings. The van der Waals surface area contributed by atoms with Gasteiger partial charge in [-0.25, -0.2) is 4.79 Å². The highest BCUT2D eigenvalue weighted by molar-refractivity contribution is 9.10. The van der Waals surface area contributed by atoms with Crippen LogP contribution in [0.1, 0.15) is 25.8 Å². The fraction of sp³-hybridized carbons (Fsp3) is 0.429. The number of halogens is 2. The van der Waals surface area contributed by atoms with Gasteiger partial charge in [0.1, 0.15) is 6.04 Å². The molecule has 20 heavy (non-hydrogen) atoms. The Bertz CT molecular complexity index is 563. The molecule has 0 aliphatic carbocycles. The molecule has 1 saturated heterocycles. The van der Waals surface area contributed by atoms with E-state index < -0.39 is 17.4 Å². The zero-order valence-corrected chi connectivity index (χ0v) is 13.5. The van der Waals surface area contributed by atoms with Crippen molar-refractivity contribution in [2.75, 3.05) is 6.61 Å². The molecule has 108 valence electrons. The van der Waals surface area contributed by atoms with Crippen molar-refractivity contribution in [3.63, 3.8) is 0 Å². The molecule has 1 aromatic carbocycles. The van der Waals surface area contributed by atoms with E-state index >= 15 is 0 Å². The molecule has 1 N–H and O–H groups in total. The van der Waals surface area contributed by atoms with Crippen molar-refractivity contribution in [1.82, 2.24) is 5.32 Å². The molecule has 6 heteroatoms. The number of amides is 1. The largest absolute Gasteiger partial charge is 0.464 e. The van der Waals surface area contributed by atoms with Gasteiger partial charge in [0, 0.05) is 21.3 Å². The Hall–Kier alpha value is -1.07. The van der Waals surface area contributed by atoms with E-state index in [1.54, 1.807) is 13.0 Å². The van der Waals surface area contributed by atoms with Crippen LogP contribution in [-0.4, -0.2) is 24.5 Å². The second kappa shape index (κ2) is 5.74. The third-order valence-electron chi connectivity index (χ3n) is 3.54. The number of esters is 1. The molecule has 0 spiro atoms. The molecule has 2 atom stereocenters. The van der Waals surface area contributed by atoms with E-state index in [9.17, 15) is 9.59 Å². The maximum absolute atomic E-state index is 12.1. The van der Waals surface area contributed by atoms with Crippen molar-refractivity contribution >= 4 is 39.4 Å². The van der Waals surface area contributed by atoms with Crippen LogP contribution in [0.2, 0.25) is 5.02 Å². The first kappa shape index (κ1) is 15.3. The standard InChI is InChI=1S/C14H15BrClNO3/c1-3-20-13(19)12-14(2,7-11(18)17-12)9-5-4-8(15)6-10(9)16/h4-6,12H,3,7H2,1-2H3,(H,17,18). The van der Waals surface area contributed by atoms with Crippen LogP contribution in [-0.2, 0) is 19.7 Å². The summed E-state index contributed by atoms with van der Waals surface area (Å²) in [6.07, 6.45) is 0.206. The lowest BCUT2D eigenvalue weighted by molar-refractivity contribution is -0.147. The molecule has 0 radical (unpaired) electrons. The average molecular weight is 361 g/mol. The first-order chi connectivity index (χ1) is 9.38. The van der Waals surface area contributed by atoms with Gasteiger partial charge in [-0.2, -0.15) is 0 Å². The molecule has 1 fully saturated rings. The second-order valence-corrected chi connectivity index (χ2v) is 6.29. The minimum atomic E-state index is -0.714. The van der Waals surface area contributed by atoms with Crippen molar-refractivity contribution in [1.29, 1.82) is 0 Å². The summed E-state index contributed by atoms with van der Waals surface area (Å²) in [7, 11) is 0. The Balaban J connectivity index is 2.44. The highest BCUT2D eigenvalue weighted by Crippen LogP contribution is 2.40. The van der Waals surface area contributed by atoms with Crippen LogP contribution in [0.4, 0.5) is 0 Å². The number of rotatable bonds is 3. The SMILES string of the molecule is CCOC(=O)C1NC(=O)CC1(C)c1ccc(Br)cc1Cl. The third-order valence-corrected chi connectivity index (χ3v) is 4.34. The number of hydrogen-bond acceptors (Lipinski definition) is 3. The molecular formula is C14H15BrClNO3. The zero-order chi connectivity index (χ0) is 14.9. The molecule has 1 amide bonds. The Labute approximate surface area is 131 Å². The van der Waals surface area contributed by atoms with Crippen LogP contribution < -0.4 is 5.32 Å². The quantitative estimate of drug-likeness (QED) is 0.843. The van der Waals surface area contributed by atoms with Gasteiger partial charge in [0.15, 0.2) is 0 Å². The van der Waals surface area contributed by atoms with Crippen molar-refractivity contribution in [3.8, 4) is 0 Å². The molecule has 2 rings (SSSR count). The summed E-state index contributed by atoms with van der Waals surface area (Å²) in [6, 6.07) is 4.72. The van der Waals surface area contributed by atoms with E-state index in [1.807, 2.05) is 19.1 Å². The maximum Gasteiger partial charge on any atom is 0.329 e. The predicted molar refractivity (Wildman–Crippen MR) is 79.7 cm³/mol. The van der Waals surface area contributed by atoms with E-state index in [0.29, 0.717) is 5.02 Å². The normalized spacial score (nSPS) is 25.4. The van der Waals surface area contributed by atoms with E-state index in [4.69, 9.17) is 16.3 Å². The Morgan fingerprint density at radius 2 is 2.30 bits per heavy atom. The van der Waals surface area contributed by atoms with Crippen LogP contribution in [0.15, 0.2) is 22.7 Å². The first-order valence-electron chi connectivity index (χ1n) is 6.30. The van der Waals surface area contributed by atoms with Gasteiger partial charge in [-0.1, -0.05) is 40.5 Å². The number of carbonyl (C=O) groups excluding carboxylic acids is 2. The average Bonchev–Trinajstić information content (AvgIpc) is 2.65. The van der Waals surface area contributed by atoms with Gasteiger partial charge < -0.3 is 10.1 Å². The summed E-state index contributed by atoms with van der Waals surface area (Å²) >= 11 is 9.62. The smallest absolute Gasteiger partial charge is 0.329 e. The van der Waals surface area contributed by atoms with Gasteiger partial charge in [-0.05, 0) is 24.6 Å². The third kappa shape index (κ3) is 2.69. The second-order valence-electron chi connectivity index (χ2n) is 4.97. The molecule has 2 unspecified atom stereocenters. The molecule has 0 saturated carbocycles. The van der Waals surface area contributed by atoms with Gasteiger partial charge in [0.2, 0.25) is 5.91 Å². The van der Waals surface area contributed by atoms with Crippen molar-refractivity contribution in [3.05, 3.63) is 33.3 Å². The summed E-state index contributed by atoms with van der Waals surface area (Å²) in [5.74, 6) is -0.607. The molecule has 1 aromatic rings. The molecule has 1 aliphatic heterocycles. The minimum absolute atomic E-state index is 0.176. The van der Waals surface area contributed by atoms with Gasteiger partial charge in [-0.3, -0.25) is 4.79 Å². The van der Waals surface area contributed by atoms with Crippen LogP contribution >= 0.6 is 27.5 Å². The Morgan fingerprint density at radius 1 is 1.60 bits per heavy atom.